The number of hydrogen-bond donors (Lipinski definition) is 2. The van der Waals surface area contributed by atoms with Crippen molar-refractivity contribution in [2.24, 2.45) is 5.73 Å². The number of unbranched alkanes of at least 4 members (excludes halogenated alkanes) is 1. The summed E-state index contributed by atoms with van der Waals surface area (Å²) in [7, 11) is 0. The first-order valence-corrected chi connectivity index (χ1v) is 6.93. The van der Waals surface area contributed by atoms with E-state index in [2.05, 4.69) is 6.92 Å². The minimum Gasteiger partial charge on any atom is -0.395 e. The van der Waals surface area contributed by atoms with Gasteiger partial charge in [-0.2, -0.15) is 0 Å². The maximum Gasteiger partial charge on any atom is 0.126 e. The van der Waals surface area contributed by atoms with Gasteiger partial charge in [0.15, 0.2) is 0 Å². The second-order valence-electron chi connectivity index (χ2n) is 5.02. The van der Waals surface area contributed by atoms with Crippen LogP contribution in [-0.2, 0) is 10.2 Å². The van der Waals surface area contributed by atoms with Crippen LogP contribution in [0.5, 0.6) is 0 Å². The van der Waals surface area contributed by atoms with Gasteiger partial charge in [0, 0.05) is 31.2 Å². The van der Waals surface area contributed by atoms with Gasteiger partial charge in [-0.05, 0) is 30.5 Å². The standard InChI is InChI=1S/C15H23F2NO2/c1-2-3-5-20-6-4-15(10-18,11-19)12-7-13(16)9-14(17)8-12/h7-9,19H,2-6,10-11,18H2,1H3. The Kier molecular flexibility index (Phi) is 7.05. The molecule has 114 valence electrons. The number of benzene rings is 1. The topological polar surface area (TPSA) is 55.5 Å². The Morgan fingerprint density at radius 2 is 1.85 bits per heavy atom. The van der Waals surface area contributed by atoms with E-state index in [1.54, 1.807) is 0 Å². The predicted molar refractivity (Wildman–Crippen MR) is 74.5 cm³/mol. The molecule has 5 heteroatoms. The summed E-state index contributed by atoms with van der Waals surface area (Å²) in [6, 6.07) is 3.25. The van der Waals surface area contributed by atoms with Gasteiger partial charge in [-0.15, -0.1) is 0 Å². The van der Waals surface area contributed by atoms with Gasteiger partial charge in [0.05, 0.1) is 6.61 Å². The SMILES string of the molecule is CCCCOCCC(CN)(CO)c1cc(F)cc(F)c1. The lowest BCUT2D eigenvalue weighted by Gasteiger charge is -2.31. The fourth-order valence-corrected chi connectivity index (χ4v) is 2.08. The number of rotatable bonds is 9. The quantitative estimate of drug-likeness (QED) is 0.686. The average molecular weight is 287 g/mol. The number of ether oxygens (including phenoxy) is 1. The van der Waals surface area contributed by atoms with Crippen LogP contribution in [0.1, 0.15) is 31.7 Å². The highest BCUT2D eigenvalue weighted by Gasteiger charge is 2.31. The summed E-state index contributed by atoms with van der Waals surface area (Å²) in [5.74, 6) is -1.34. The van der Waals surface area contributed by atoms with E-state index in [0.29, 0.717) is 25.2 Å². The van der Waals surface area contributed by atoms with Gasteiger partial charge >= 0.3 is 0 Å². The van der Waals surface area contributed by atoms with Gasteiger partial charge in [0.1, 0.15) is 11.6 Å². The van der Waals surface area contributed by atoms with E-state index in [0.717, 1.165) is 18.9 Å². The molecule has 1 aromatic rings. The van der Waals surface area contributed by atoms with Crippen molar-refractivity contribution in [3.63, 3.8) is 0 Å². The number of aliphatic hydroxyl groups excluding tert-OH is 1. The maximum absolute atomic E-state index is 13.3. The molecular weight excluding hydrogens is 264 g/mol. The van der Waals surface area contributed by atoms with Crippen molar-refractivity contribution in [1.82, 2.24) is 0 Å². The van der Waals surface area contributed by atoms with E-state index in [4.69, 9.17) is 10.5 Å². The third kappa shape index (κ3) is 4.51. The lowest BCUT2D eigenvalue weighted by molar-refractivity contribution is 0.0928. The van der Waals surface area contributed by atoms with Gasteiger partial charge in [-0.1, -0.05) is 13.3 Å². The monoisotopic (exact) mass is 287 g/mol. The molecule has 1 aromatic carbocycles. The molecule has 0 aromatic heterocycles. The molecule has 0 bridgehead atoms. The molecule has 0 aliphatic carbocycles. The van der Waals surface area contributed by atoms with Crippen LogP contribution in [0.4, 0.5) is 8.78 Å². The molecule has 20 heavy (non-hydrogen) atoms. The van der Waals surface area contributed by atoms with E-state index < -0.39 is 17.0 Å². The summed E-state index contributed by atoms with van der Waals surface area (Å²) >= 11 is 0. The lowest BCUT2D eigenvalue weighted by Crippen LogP contribution is -2.40. The molecule has 3 nitrogen and oxygen atoms in total. The van der Waals surface area contributed by atoms with E-state index in [9.17, 15) is 13.9 Å². The second kappa shape index (κ2) is 8.29. The number of hydrogen-bond acceptors (Lipinski definition) is 3. The summed E-state index contributed by atoms with van der Waals surface area (Å²) in [4.78, 5) is 0. The van der Waals surface area contributed by atoms with Gasteiger partial charge in [-0.25, -0.2) is 8.78 Å². The molecule has 0 spiro atoms. The van der Waals surface area contributed by atoms with Crippen molar-refractivity contribution in [3.8, 4) is 0 Å². The molecule has 0 amide bonds. The molecular formula is C15H23F2NO2. The van der Waals surface area contributed by atoms with Crippen molar-refractivity contribution in [3.05, 3.63) is 35.4 Å². The van der Waals surface area contributed by atoms with Crippen LogP contribution in [0, 0.1) is 11.6 Å². The molecule has 0 fully saturated rings. The molecule has 0 saturated carbocycles. The summed E-state index contributed by atoms with van der Waals surface area (Å²) in [5.41, 5.74) is 5.24. The van der Waals surface area contributed by atoms with Gasteiger partial charge in [-0.3, -0.25) is 0 Å². The van der Waals surface area contributed by atoms with E-state index in [1.807, 2.05) is 0 Å². The maximum atomic E-state index is 13.3. The van der Waals surface area contributed by atoms with Crippen molar-refractivity contribution in [2.45, 2.75) is 31.6 Å². The molecule has 1 unspecified atom stereocenters. The fourth-order valence-electron chi connectivity index (χ4n) is 2.08. The van der Waals surface area contributed by atoms with Gasteiger partial charge < -0.3 is 15.6 Å². The normalized spacial score (nSPS) is 14.2. The average Bonchev–Trinajstić information content (AvgIpc) is 2.42. The highest BCUT2D eigenvalue weighted by molar-refractivity contribution is 5.28. The Morgan fingerprint density at radius 1 is 1.20 bits per heavy atom. The largest absolute Gasteiger partial charge is 0.395 e. The first kappa shape index (κ1) is 17.0. The lowest BCUT2D eigenvalue weighted by atomic mass is 9.78. The second-order valence-corrected chi connectivity index (χ2v) is 5.02. The Balaban J connectivity index is 2.79. The van der Waals surface area contributed by atoms with Crippen molar-refractivity contribution in [2.75, 3.05) is 26.4 Å². The molecule has 0 aliphatic rings. The van der Waals surface area contributed by atoms with Crippen LogP contribution >= 0.6 is 0 Å². The molecule has 0 heterocycles. The summed E-state index contributed by atoms with van der Waals surface area (Å²) < 4.78 is 32.1. The number of nitrogens with two attached hydrogens (primary N) is 1. The van der Waals surface area contributed by atoms with Crippen LogP contribution in [0.2, 0.25) is 0 Å². The predicted octanol–water partition coefficient (Wildman–Crippen LogP) is 2.36. The molecule has 0 aliphatic heterocycles. The summed E-state index contributed by atoms with van der Waals surface area (Å²) in [6.45, 7) is 2.93. The van der Waals surface area contributed by atoms with Crippen LogP contribution in [0.25, 0.3) is 0 Å². The highest BCUT2D eigenvalue weighted by atomic mass is 19.1. The number of aliphatic hydroxyl groups is 1. The number of halogens is 2. The van der Waals surface area contributed by atoms with Crippen molar-refractivity contribution in [1.29, 1.82) is 0 Å². The Labute approximate surface area is 118 Å². The van der Waals surface area contributed by atoms with E-state index in [-0.39, 0.29) is 13.2 Å². The van der Waals surface area contributed by atoms with Crippen LogP contribution in [0.15, 0.2) is 18.2 Å². The smallest absolute Gasteiger partial charge is 0.126 e. The summed E-state index contributed by atoms with van der Waals surface area (Å²) in [6.07, 6.45) is 2.42. The zero-order valence-corrected chi connectivity index (χ0v) is 11.9. The minimum atomic E-state index is -0.866. The zero-order valence-electron chi connectivity index (χ0n) is 11.9. The van der Waals surface area contributed by atoms with Crippen LogP contribution in [0.3, 0.4) is 0 Å². The van der Waals surface area contributed by atoms with Crippen molar-refractivity contribution < 1.29 is 18.6 Å². The fraction of sp³-hybridized carbons (Fsp3) is 0.600. The molecule has 3 N–H and O–H groups in total. The molecule has 1 rings (SSSR count). The summed E-state index contributed by atoms with van der Waals surface area (Å²) in [5, 5.41) is 9.63. The Bertz CT molecular complexity index is 389. The highest BCUT2D eigenvalue weighted by Crippen LogP contribution is 2.28. The van der Waals surface area contributed by atoms with Gasteiger partial charge in [0.25, 0.3) is 0 Å². The molecule has 1 atom stereocenters. The third-order valence-corrected chi connectivity index (χ3v) is 3.54. The molecule has 0 radical (unpaired) electrons. The third-order valence-electron chi connectivity index (χ3n) is 3.54. The first-order valence-electron chi connectivity index (χ1n) is 6.93. The minimum absolute atomic E-state index is 0.101. The van der Waals surface area contributed by atoms with Gasteiger partial charge in [0.2, 0.25) is 0 Å². The first-order chi connectivity index (χ1) is 9.57. The van der Waals surface area contributed by atoms with E-state index >= 15 is 0 Å². The Morgan fingerprint density at radius 3 is 2.35 bits per heavy atom. The van der Waals surface area contributed by atoms with E-state index in [1.165, 1.54) is 12.1 Å². The van der Waals surface area contributed by atoms with Crippen molar-refractivity contribution >= 4 is 0 Å². The van der Waals surface area contributed by atoms with Crippen LogP contribution in [-0.4, -0.2) is 31.5 Å². The Hall–Kier alpha value is -1.04. The zero-order chi connectivity index (χ0) is 15.0. The van der Waals surface area contributed by atoms with Crippen LogP contribution < -0.4 is 5.73 Å². The molecule has 0 saturated heterocycles.